The summed E-state index contributed by atoms with van der Waals surface area (Å²) in [7, 11) is 1.29. The number of nitriles is 1. The van der Waals surface area contributed by atoms with Crippen LogP contribution in [0.1, 0.15) is 26.3 Å². The Morgan fingerprint density at radius 2 is 1.71 bits per heavy atom. The van der Waals surface area contributed by atoms with Gasteiger partial charge in [0, 0.05) is 0 Å². The Labute approximate surface area is 121 Å². The molecule has 0 radical (unpaired) electrons. The van der Waals surface area contributed by atoms with Crippen LogP contribution in [0.5, 0.6) is 5.75 Å². The van der Waals surface area contributed by atoms with Crippen LogP contribution in [0.3, 0.4) is 0 Å². The molecular weight excluding hydrogens is 270 g/mol. The summed E-state index contributed by atoms with van der Waals surface area (Å²) in [5.41, 5.74) is 1.03. The molecule has 0 amide bonds. The van der Waals surface area contributed by atoms with Crippen molar-refractivity contribution in [2.45, 2.75) is 0 Å². The zero-order chi connectivity index (χ0) is 15.2. The molecule has 0 aliphatic heterocycles. The summed E-state index contributed by atoms with van der Waals surface area (Å²) < 4.78 is 9.74. The molecule has 0 atom stereocenters. The lowest BCUT2D eigenvalue weighted by molar-refractivity contribution is 0.0600. The summed E-state index contributed by atoms with van der Waals surface area (Å²) in [5, 5.41) is 8.79. The Balaban J connectivity index is 2.12. The Morgan fingerprint density at radius 1 is 1.00 bits per heavy atom. The van der Waals surface area contributed by atoms with E-state index in [9.17, 15) is 9.59 Å². The van der Waals surface area contributed by atoms with Crippen molar-refractivity contribution in [1.82, 2.24) is 0 Å². The normalized spacial score (nSPS) is 9.52. The fourth-order valence-corrected chi connectivity index (χ4v) is 1.66. The molecule has 5 nitrogen and oxygen atoms in total. The van der Waals surface area contributed by atoms with E-state index < -0.39 is 11.9 Å². The third-order valence-electron chi connectivity index (χ3n) is 2.71. The SMILES string of the molecule is COC(=O)c1ccc(OC(=O)c2cccc(C#N)c2)cc1. The van der Waals surface area contributed by atoms with Gasteiger partial charge < -0.3 is 9.47 Å². The summed E-state index contributed by atoms with van der Waals surface area (Å²) >= 11 is 0. The molecule has 104 valence electrons. The number of hydrogen-bond acceptors (Lipinski definition) is 5. The zero-order valence-electron chi connectivity index (χ0n) is 11.2. The van der Waals surface area contributed by atoms with Gasteiger partial charge in [0.25, 0.3) is 0 Å². The van der Waals surface area contributed by atoms with E-state index in [0.717, 1.165) is 0 Å². The first-order chi connectivity index (χ1) is 10.1. The zero-order valence-corrected chi connectivity index (χ0v) is 11.2. The highest BCUT2D eigenvalue weighted by atomic mass is 16.5. The molecule has 0 aromatic heterocycles. The monoisotopic (exact) mass is 281 g/mol. The number of benzene rings is 2. The molecule has 0 saturated carbocycles. The van der Waals surface area contributed by atoms with Gasteiger partial charge in [0.1, 0.15) is 5.75 Å². The second-order valence-electron chi connectivity index (χ2n) is 4.10. The predicted molar refractivity (Wildman–Crippen MR) is 73.9 cm³/mol. The minimum absolute atomic E-state index is 0.283. The molecular formula is C16H11NO4. The van der Waals surface area contributed by atoms with Gasteiger partial charge in [-0.2, -0.15) is 5.26 Å². The first-order valence-corrected chi connectivity index (χ1v) is 6.05. The van der Waals surface area contributed by atoms with Crippen LogP contribution < -0.4 is 4.74 Å². The summed E-state index contributed by atoms with van der Waals surface area (Å²) in [4.78, 5) is 23.2. The van der Waals surface area contributed by atoms with E-state index in [1.807, 2.05) is 6.07 Å². The van der Waals surface area contributed by atoms with Crippen LogP contribution in [0.4, 0.5) is 0 Å². The van der Waals surface area contributed by atoms with Gasteiger partial charge in [-0.15, -0.1) is 0 Å². The highest BCUT2D eigenvalue weighted by Gasteiger charge is 2.10. The average Bonchev–Trinajstić information content (AvgIpc) is 2.54. The topological polar surface area (TPSA) is 76.4 Å². The number of carbonyl (C=O) groups excluding carboxylic acids is 2. The maximum atomic E-state index is 11.9. The van der Waals surface area contributed by atoms with Gasteiger partial charge in [-0.05, 0) is 42.5 Å². The quantitative estimate of drug-likeness (QED) is 0.638. The first kappa shape index (κ1) is 14.3. The third kappa shape index (κ3) is 3.45. The molecule has 0 unspecified atom stereocenters. The Hall–Kier alpha value is -3.13. The Morgan fingerprint density at radius 3 is 2.33 bits per heavy atom. The second-order valence-corrected chi connectivity index (χ2v) is 4.10. The van der Waals surface area contributed by atoms with Crippen LogP contribution in [-0.4, -0.2) is 19.0 Å². The second kappa shape index (κ2) is 6.35. The standard InChI is InChI=1S/C16H11NO4/c1-20-15(18)12-5-7-14(8-6-12)21-16(19)13-4-2-3-11(9-13)10-17/h2-9H,1H3. The highest BCUT2D eigenvalue weighted by Crippen LogP contribution is 2.15. The fourth-order valence-electron chi connectivity index (χ4n) is 1.66. The molecule has 0 heterocycles. The van der Waals surface area contributed by atoms with Crippen molar-refractivity contribution in [3.8, 4) is 11.8 Å². The number of carbonyl (C=O) groups is 2. The van der Waals surface area contributed by atoms with Gasteiger partial charge in [-0.3, -0.25) is 0 Å². The van der Waals surface area contributed by atoms with Crippen molar-refractivity contribution in [1.29, 1.82) is 5.26 Å². The summed E-state index contributed by atoms with van der Waals surface area (Å²) in [6, 6.07) is 14.2. The number of methoxy groups -OCH3 is 1. The van der Waals surface area contributed by atoms with Gasteiger partial charge in [-0.1, -0.05) is 6.07 Å². The lowest BCUT2D eigenvalue weighted by Crippen LogP contribution is -2.09. The highest BCUT2D eigenvalue weighted by molar-refractivity contribution is 5.92. The van der Waals surface area contributed by atoms with Crippen molar-refractivity contribution in [2.24, 2.45) is 0 Å². The number of rotatable bonds is 3. The molecule has 0 N–H and O–H groups in total. The molecule has 0 saturated heterocycles. The molecule has 0 aliphatic carbocycles. The summed E-state index contributed by atoms with van der Waals surface area (Å²) in [6.45, 7) is 0. The van der Waals surface area contributed by atoms with Crippen LogP contribution >= 0.6 is 0 Å². The minimum Gasteiger partial charge on any atom is -0.465 e. The molecule has 2 rings (SSSR count). The van der Waals surface area contributed by atoms with Crippen molar-refractivity contribution >= 4 is 11.9 Å². The number of hydrogen-bond donors (Lipinski definition) is 0. The van der Waals surface area contributed by atoms with Crippen LogP contribution in [-0.2, 0) is 4.74 Å². The minimum atomic E-state index is -0.571. The number of nitrogens with zero attached hydrogens (tertiary/aromatic N) is 1. The molecule has 0 bridgehead atoms. The first-order valence-electron chi connectivity index (χ1n) is 6.05. The largest absolute Gasteiger partial charge is 0.465 e. The predicted octanol–water partition coefficient (Wildman–Crippen LogP) is 2.56. The summed E-state index contributed by atoms with van der Waals surface area (Å²) in [5.74, 6) is -0.734. The molecule has 0 spiro atoms. The van der Waals surface area contributed by atoms with E-state index in [1.165, 1.54) is 37.4 Å². The van der Waals surface area contributed by atoms with E-state index >= 15 is 0 Å². The van der Waals surface area contributed by atoms with Crippen molar-refractivity contribution in [2.75, 3.05) is 7.11 Å². The smallest absolute Gasteiger partial charge is 0.343 e. The Bertz CT molecular complexity index is 714. The van der Waals surface area contributed by atoms with E-state index in [2.05, 4.69) is 4.74 Å². The van der Waals surface area contributed by atoms with Crippen molar-refractivity contribution < 1.29 is 19.1 Å². The van der Waals surface area contributed by atoms with Gasteiger partial charge in [0.05, 0.1) is 29.9 Å². The third-order valence-corrected chi connectivity index (χ3v) is 2.71. The van der Waals surface area contributed by atoms with E-state index in [0.29, 0.717) is 16.9 Å². The van der Waals surface area contributed by atoms with E-state index in [4.69, 9.17) is 10.00 Å². The maximum Gasteiger partial charge on any atom is 0.343 e. The Kier molecular flexibility index (Phi) is 4.32. The van der Waals surface area contributed by atoms with Crippen LogP contribution in [0.25, 0.3) is 0 Å². The van der Waals surface area contributed by atoms with Crippen molar-refractivity contribution in [3.63, 3.8) is 0 Å². The van der Waals surface area contributed by atoms with Gasteiger partial charge >= 0.3 is 11.9 Å². The van der Waals surface area contributed by atoms with Crippen molar-refractivity contribution in [3.05, 3.63) is 65.2 Å². The van der Waals surface area contributed by atoms with Gasteiger partial charge in [-0.25, -0.2) is 9.59 Å². The lowest BCUT2D eigenvalue weighted by atomic mass is 10.1. The van der Waals surface area contributed by atoms with E-state index in [-0.39, 0.29) is 5.56 Å². The van der Waals surface area contributed by atoms with Gasteiger partial charge in [0.2, 0.25) is 0 Å². The lowest BCUT2D eigenvalue weighted by Gasteiger charge is -2.05. The maximum absolute atomic E-state index is 11.9. The van der Waals surface area contributed by atoms with Gasteiger partial charge in [0.15, 0.2) is 0 Å². The van der Waals surface area contributed by atoms with Crippen LogP contribution in [0.15, 0.2) is 48.5 Å². The number of ether oxygens (including phenoxy) is 2. The van der Waals surface area contributed by atoms with E-state index in [1.54, 1.807) is 18.2 Å². The molecule has 0 fully saturated rings. The molecule has 0 aliphatic rings. The van der Waals surface area contributed by atoms with Crippen LogP contribution in [0.2, 0.25) is 0 Å². The van der Waals surface area contributed by atoms with Crippen LogP contribution in [0, 0.1) is 11.3 Å². The average molecular weight is 281 g/mol. The molecule has 2 aromatic carbocycles. The summed E-state index contributed by atoms with van der Waals surface area (Å²) in [6.07, 6.45) is 0. The molecule has 21 heavy (non-hydrogen) atoms. The number of esters is 2. The fraction of sp³-hybridized carbons (Fsp3) is 0.0625. The molecule has 2 aromatic rings. The molecule has 5 heteroatoms.